The molecule has 0 bridgehead atoms. The predicted molar refractivity (Wildman–Crippen MR) is 91.0 cm³/mol. The van der Waals surface area contributed by atoms with Crippen LogP contribution in [0.25, 0.3) is 0 Å². The van der Waals surface area contributed by atoms with E-state index in [1.54, 1.807) is 0 Å². The predicted octanol–water partition coefficient (Wildman–Crippen LogP) is 2.95. The van der Waals surface area contributed by atoms with E-state index in [0.29, 0.717) is 11.5 Å². The smallest absolute Gasteiger partial charge is 0.226 e. The van der Waals surface area contributed by atoms with Crippen LogP contribution in [0.2, 0.25) is 0 Å². The van der Waals surface area contributed by atoms with Crippen molar-refractivity contribution in [1.82, 2.24) is 4.90 Å². The van der Waals surface area contributed by atoms with Crippen LogP contribution in [0.3, 0.4) is 0 Å². The summed E-state index contributed by atoms with van der Waals surface area (Å²) in [5.41, 5.74) is 1.70. The molecule has 1 aliphatic carbocycles. The molecule has 1 amide bonds. The van der Waals surface area contributed by atoms with Crippen molar-refractivity contribution in [1.29, 1.82) is 5.26 Å². The summed E-state index contributed by atoms with van der Waals surface area (Å²) in [4.78, 5) is 17.0. The van der Waals surface area contributed by atoms with Gasteiger partial charge < -0.3 is 9.80 Å². The number of amides is 1. The highest BCUT2D eigenvalue weighted by Gasteiger charge is 2.26. The van der Waals surface area contributed by atoms with Crippen LogP contribution in [0, 0.1) is 17.2 Å². The number of carbonyl (C=O) groups is 1. The average molecular weight is 309 g/mol. The number of nitrogens with zero attached hydrogens (tertiary/aromatic N) is 3. The van der Waals surface area contributed by atoms with Crippen molar-refractivity contribution < 1.29 is 4.79 Å². The second kappa shape index (κ2) is 7.32. The number of rotatable bonds is 2. The molecule has 3 rings (SSSR count). The van der Waals surface area contributed by atoms with Crippen molar-refractivity contribution in [3.63, 3.8) is 0 Å². The SMILES string of the molecule is N#Cc1ccccc1N1CCCN(C(=O)C2CC=CCC2)CC1. The number of benzene rings is 1. The summed E-state index contributed by atoms with van der Waals surface area (Å²) in [5, 5.41) is 9.28. The Morgan fingerprint density at radius 1 is 1.13 bits per heavy atom. The van der Waals surface area contributed by atoms with Gasteiger partial charge in [0.25, 0.3) is 0 Å². The van der Waals surface area contributed by atoms with E-state index in [9.17, 15) is 10.1 Å². The van der Waals surface area contributed by atoms with Crippen LogP contribution in [0.5, 0.6) is 0 Å². The normalized spacial score (nSPS) is 21.6. The summed E-state index contributed by atoms with van der Waals surface area (Å²) in [5.74, 6) is 0.475. The minimum atomic E-state index is 0.165. The summed E-state index contributed by atoms with van der Waals surface area (Å²) in [6, 6.07) is 10.00. The van der Waals surface area contributed by atoms with Crippen LogP contribution >= 0.6 is 0 Å². The molecule has 0 aromatic heterocycles. The molecule has 1 atom stereocenters. The number of carbonyl (C=O) groups excluding carboxylic acids is 1. The number of allylic oxidation sites excluding steroid dienone is 2. The van der Waals surface area contributed by atoms with E-state index in [4.69, 9.17) is 0 Å². The van der Waals surface area contributed by atoms with Crippen LogP contribution in [0.15, 0.2) is 36.4 Å². The van der Waals surface area contributed by atoms with Gasteiger partial charge in [0, 0.05) is 32.1 Å². The molecule has 2 aliphatic rings. The van der Waals surface area contributed by atoms with Gasteiger partial charge in [0.15, 0.2) is 0 Å². The van der Waals surface area contributed by atoms with Crippen molar-refractivity contribution in [2.24, 2.45) is 5.92 Å². The monoisotopic (exact) mass is 309 g/mol. The molecule has 1 heterocycles. The number of hydrogen-bond acceptors (Lipinski definition) is 3. The van der Waals surface area contributed by atoms with Gasteiger partial charge in [0.1, 0.15) is 6.07 Å². The van der Waals surface area contributed by atoms with Crippen molar-refractivity contribution in [2.75, 3.05) is 31.1 Å². The van der Waals surface area contributed by atoms with E-state index in [1.807, 2.05) is 29.2 Å². The molecule has 0 saturated carbocycles. The van der Waals surface area contributed by atoms with E-state index in [1.165, 1.54) is 0 Å². The van der Waals surface area contributed by atoms with E-state index < -0.39 is 0 Å². The maximum Gasteiger partial charge on any atom is 0.226 e. The second-order valence-electron chi connectivity index (χ2n) is 6.28. The third-order valence-corrected chi connectivity index (χ3v) is 4.79. The molecule has 0 spiro atoms. The fourth-order valence-corrected chi connectivity index (χ4v) is 3.50. The first kappa shape index (κ1) is 15.6. The fraction of sp³-hybridized carbons (Fsp3) is 0.474. The lowest BCUT2D eigenvalue weighted by molar-refractivity contribution is -0.135. The molecule has 1 unspecified atom stereocenters. The summed E-state index contributed by atoms with van der Waals surface area (Å²) in [6.45, 7) is 3.27. The van der Waals surface area contributed by atoms with E-state index in [0.717, 1.165) is 57.5 Å². The zero-order valence-electron chi connectivity index (χ0n) is 13.4. The summed E-state index contributed by atoms with van der Waals surface area (Å²) >= 11 is 0. The summed E-state index contributed by atoms with van der Waals surface area (Å²) in [7, 11) is 0. The first-order valence-electron chi connectivity index (χ1n) is 8.47. The Hall–Kier alpha value is -2.28. The van der Waals surface area contributed by atoms with Crippen molar-refractivity contribution in [3.05, 3.63) is 42.0 Å². The van der Waals surface area contributed by atoms with E-state index in [2.05, 4.69) is 23.1 Å². The molecule has 1 fully saturated rings. The zero-order chi connectivity index (χ0) is 16.1. The second-order valence-corrected chi connectivity index (χ2v) is 6.28. The highest BCUT2D eigenvalue weighted by molar-refractivity contribution is 5.79. The first-order chi connectivity index (χ1) is 11.3. The molecule has 1 aromatic carbocycles. The van der Waals surface area contributed by atoms with Gasteiger partial charge >= 0.3 is 0 Å². The fourth-order valence-electron chi connectivity index (χ4n) is 3.50. The van der Waals surface area contributed by atoms with E-state index in [-0.39, 0.29) is 5.92 Å². The Bertz CT molecular complexity index is 632. The lowest BCUT2D eigenvalue weighted by Gasteiger charge is -2.27. The van der Waals surface area contributed by atoms with Crippen LogP contribution in [0.1, 0.15) is 31.2 Å². The minimum absolute atomic E-state index is 0.165. The van der Waals surface area contributed by atoms with Gasteiger partial charge in [-0.15, -0.1) is 0 Å². The molecule has 1 aromatic rings. The molecule has 23 heavy (non-hydrogen) atoms. The molecule has 1 saturated heterocycles. The van der Waals surface area contributed by atoms with Gasteiger partial charge in [-0.25, -0.2) is 0 Å². The molecular formula is C19H23N3O. The van der Waals surface area contributed by atoms with Crippen molar-refractivity contribution in [2.45, 2.75) is 25.7 Å². The lowest BCUT2D eigenvalue weighted by Crippen LogP contribution is -2.39. The number of anilines is 1. The molecular weight excluding hydrogens is 286 g/mol. The highest BCUT2D eigenvalue weighted by Crippen LogP contribution is 2.24. The van der Waals surface area contributed by atoms with Crippen LogP contribution in [-0.4, -0.2) is 37.0 Å². The van der Waals surface area contributed by atoms with Gasteiger partial charge in [-0.05, 0) is 37.8 Å². The Morgan fingerprint density at radius 3 is 2.78 bits per heavy atom. The maximum atomic E-state index is 12.7. The largest absolute Gasteiger partial charge is 0.369 e. The van der Waals surface area contributed by atoms with Crippen LogP contribution in [-0.2, 0) is 4.79 Å². The maximum absolute atomic E-state index is 12.7. The Kier molecular flexibility index (Phi) is 4.97. The highest BCUT2D eigenvalue weighted by atomic mass is 16.2. The molecule has 120 valence electrons. The van der Waals surface area contributed by atoms with Gasteiger partial charge in [0.05, 0.1) is 11.3 Å². The Labute approximate surface area is 138 Å². The van der Waals surface area contributed by atoms with Gasteiger partial charge in [-0.3, -0.25) is 4.79 Å². The topological polar surface area (TPSA) is 47.3 Å². The lowest BCUT2D eigenvalue weighted by atomic mass is 9.93. The van der Waals surface area contributed by atoms with Crippen LogP contribution < -0.4 is 4.90 Å². The van der Waals surface area contributed by atoms with Gasteiger partial charge in [-0.1, -0.05) is 24.3 Å². The molecule has 0 N–H and O–H groups in total. The number of hydrogen-bond donors (Lipinski definition) is 0. The molecule has 4 nitrogen and oxygen atoms in total. The van der Waals surface area contributed by atoms with Crippen molar-refractivity contribution >= 4 is 11.6 Å². The summed E-state index contributed by atoms with van der Waals surface area (Å²) in [6.07, 6.45) is 8.15. The summed E-state index contributed by atoms with van der Waals surface area (Å²) < 4.78 is 0. The molecule has 0 radical (unpaired) electrons. The number of nitriles is 1. The van der Waals surface area contributed by atoms with E-state index >= 15 is 0 Å². The molecule has 4 heteroatoms. The van der Waals surface area contributed by atoms with Crippen LogP contribution in [0.4, 0.5) is 5.69 Å². The Balaban J connectivity index is 1.66. The number of para-hydroxylation sites is 1. The van der Waals surface area contributed by atoms with Gasteiger partial charge in [-0.2, -0.15) is 5.26 Å². The third kappa shape index (κ3) is 3.56. The molecule has 1 aliphatic heterocycles. The average Bonchev–Trinajstić information content (AvgIpc) is 2.88. The first-order valence-corrected chi connectivity index (χ1v) is 8.47. The quantitative estimate of drug-likeness (QED) is 0.789. The zero-order valence-corrected chi connectivity index (χ0v) is 13.4. The Morgan fingerprint density at radius 2 is 2.00 bits per heavy atom. The van der Waals surface area contributed by atoms with Crippen molar-refractivity contribution in [3.8, 4) is 6.07 Å². The third-order valence-electron chi connectivity index (χ3n) is 4.79. The minimum Gasteiger partial charge on any atom is -0.369 e. The standard InChI is InChI=1S/C19H23N3O/c20-15-17-9-4-5-10-18(17)21-11-6-12-22(14-13-21)19(23)16-7-2-1-3-8-16/h1-2,4-5,9-10,16H,3,6-8,11-14H2. The van der Waals surface area contributed by atoms with Gasteiger partial charge in [0.2, 0.25) is 5.91 Å².